The van der Waals surface area contributed by atoms with Crippen LogP contribution in [-0.4, -0.2) is 36.2 Å². The number of methoxy groups -OCH3 is 1. The Morgan fingerprint density at radius 3 is 2.73 bits per heavy atom. The van der Waals surface area contributed by atoms with Crippen LogP contribution in [0.3, 0.4) is 0 Å². The molecule has 0 saturated carbocycles. The third kappa shape index (κ3) is 3.27. The molecule has 0 bridgehead atoms. The van der Waals surface area contributed by atoms with Gasteiger partial charge in [-0.3, -0.25) is 0 Å². The first kappa shape index (κ1) is 14.6. The van der Waals surface area contributed by atoms with Crippen molar-refractivity contribution in [2.45, 2.75) is 18.9 Å². The van der Waals surface area contributed by atoms with Gasteiger partial charge in [-0.2, -0.15) is 4.98 Å². The molecule has 1 aliphatic rings. The van der Waals surface area contributed by atoms with Crippen molar-refractivity contribution in [3.63, 3.8) is 0 Å². The zero-order valence-corrected chi connectivity index (χ0v) is 12.5. The summed E-state index contributed by atoms with van der Waals surface area (Å²) in [5.41, 5.74) is 0.568. The lowest BCUT2D eigenvalue weighted by atomic mass is 10.0. The van der Waals surface area contributed by atoms with Crippen LogP contribution in [0.4, 0.5) is 16.0 Å². The van der Waals surface area contributed by atoms with Crippen molar-refractivity contribution < 1.29 is 9.13 Å². The van der Waals surface area contributed by atoms with Crippen molar-refractivity contribution in [2.75, 3.05) is 30.4 Å². The number of hydrogen-bond donors (Lipinski definition) is 1. The molecule has 1 aromatic carbocycles. The number of rotatable bonds is 4. The largest absolute Gasteiger partial charge is 0.481 e. The smallest absolute Gasteiger partial charge is 0.228 e. The molecule has 5 nitrogen and oxygen atoms in total. The number of ether oxygens (including phenoxy) is 1. The highest BCUT2D eigenvalue weighted by Crippen LogP contribution is 2.22. The van der Waals surface area contributed by atoms with E-state index in [0.717, 1.165) is 25.9 Å². The van der Waals surface area contributed by atoms with Gasteiger partial charge < -0.3 is 15.0 Å². The van der Waals surface area contributed by atoms with Gasteiger partial charge in [0.15, 0.2) is 0 Å². The fraction of sp³-hybridized carbons (Fsp3) is 0.375. The van der Waals surface area contributed by atoms with Gasteiger partial charge in [0.2, 0.25) is 11.8 Å². The number of hydrogen-bond acceptors (Lipinski definition) is 5. The van der Waals surface area contributed by atoms with Crippen LogP contribution in [0.5, 0.6) is 5.88 Å². The van der Waals surface area contributed by atoms with E-state index in [1.54, 1.807) is 31.5 Å². The van der Waals surface area contributed by atoms with Crippen molar-refractivity contribution >= 4 is 11.6 Å². The molecular weight excluding hydrogens is 283 g/mol. The van der Waals surface area contributed by atoms with Crippen molar-refractivity contribution in [1.82, 2.24) is 9.97 Å². The predicted molar refractivity (Wildman–Crippen MR) is 83.8 cm³/mol. The highest BCUT2D eigenvalue weighted by Gasteiger charge is 2.21. The molecule has 2 heterocycles. The summed E-state index contributed by atoms with van der Waals surface area (Å²) in [6.07, 6.45) is 3.52. The van der Waals surface area contributed by atoms with E-state index in [1.165, 1.54) is 6.07 Å². The van der Waals surface area contributed by atoms with Gasteiger partial charge in [-0.05, 0) is 25.0 Å². The van der Waals surface area contributed by atoms with Gasteiger partial charge in [-0.1, -0.05) is 12.1 Å². The van der Waals surface area contributed by atoms with E-state index < -0.39 is 0 Å². The summed E-state index contributed by atoms with van der Waals surface area (Å²) in [5.74, 6) is 1.04. The Hall–Kier alpha value is -2.37. The molecule has 0 atom stereocenters. The summed E-state index contributed by atoms with van der Waals surface area (Å²) in [4.78, 5) is 10.8. The zero-order valence-electron chi connectivity index (χ0n) is 12.5. The molecule has 0 amide bonds. The molecule has 1 N–H and O–H groups in total. The van der Waals surface area contributed by atoms with Crippen molar-refractivity contribution in [3.05, 3.63) is 42.3 Å². The van der Waals surface area contributed by atoms with E-state index >= 15 is 0 Å². The standard InChI is InChI=1S/C16H19FN4O/c1-22-15-6-9-18-16(20-15)21-10-7-12(8-11-21)19-14-5-3-2-4-13(14)17/h2-6,9,12,19H,7-8,10-11H2,1H3. The highest BCUT2D eigenvalue weighted by atomic mass is 19.1. The Bertz CT molecular complexity index is 629. The summed E-state index contributed by atoms with van der Waals surface area (Å²) < 4.78 is 18.8. The summed E-state index contributed by atoms with van der Waals surface area (Å²) in [6.45, 7) is 1.67. The molecule has 0 aliphatic carbocycles. The van der Waals surface area contributed by atoms with Gasteiger partial charge in [-0.15, -0.1) is 0 Å². The van der Waals surface area contributed by atoms with Crippen LogP contribution in [0.15, 0.2) is 36.5 Å². The summed E-state index contributed by atoms with van der Waals surface area (Å²) in [7, 11) is 1.59. The number of piperidine rings is 1. The van der Waals surface area contributed by atoms with Gasteiger partial charge in [-0.25, -0.2) is 9.37 Å². The normalized spacial score (nSPS) is 15.6. The van der Waals surface area contributed by atoms with Gasteiger partial charge in [0.1, 0.15) is 5.82 Å². The molecule has 116 valence electrons. The molecule has 0 unspecified atom stereocenters. The second kappa shape index (κ2) is 6.60. The van der Waals surface area contributed by atoms with E-state index in [4.69, 9.17) is 4.74 Å². The molecule has 1 saturated heterocycles. The monoisotopic (exact) mass is 302 g/mol. The number of para-hydroxylation sites is 1. The second-order valence-corrected chi connectivity index (χ2v) is 5.28. The van der Waals surface area contributed by atoms with Crippen LogP contribution in [-0.2, 0) is 0 Å². The maximum Gasteiger partial charge on any atom is 0.228 e. The minimum Gasteiger partial charge on any atom is -0.481 e. The predicted octanol–water partition coefficient (Wildman–Crippen LogP) is 2.71. The highest BCUT2D eigenvalue weighted by molar-refractivity contribution is 5.45. The lowest BCUT2D eigenvalue weighted by Gasteiger charge is -2.32. The molecule has 0 radical (unpaired) electrons. The van der Waals surface area contributed by atoms with Crippen molar-refractivity contribution in [1.29, 1.82) is 0 Å². The Balaban J connectivity index is 1.59. The Labute approximate surface area is 129 Å². The Kier molecular flexibility index (Phi) is 4.37. The minimum atomic E-state index is -0.207. The minimum absolute atomic E-state index is 0.207. The quantitative estimate of drug-likeness (QED) is 0.941. The lowest BCUT2D eigenvalue weighted by molar-refractivity contribution is 0.395. The molecule has 6 heteroatoms. The fourth-order valence-corrected chi connectivity index (χ4v) is 2.62. The van der Waals surface area contributed by atoms with Crippen molar-refractivity contribution in [2.24, 2.45) is 0 Å². The van der Waals surface area contributed by atoms with E-state index in [2.05, 4.69) is 20.2 Å². The van der Waals surface area contributed by atoms with Crippen LogP contribution in [0, 0.1) is 5.82 Å². The summed E-state index contributed by atoms with van der Waals surface area (Å²) in [5, 5.41) is 3.28. The number of nitrogens with one attached hydrogen (secondary N) is 1. The molecular formula is C16H19FN4O. The van der Waals surface area contributed by atoms with Crippen LogP contribution in [0.25, 0.3) is 0 Å². The van der Waals surface area contributed by atoms with Gasteiger partial charge >= 0.3 is 0 Å². The van der Waals surface area contributed by atoms with Crippen molar-refractivity contribution in [3.8, 4) is 5.88 Å². The van der Waals surface area contributed by atoms with Crippen LogP contribution in [0.1, 0.15) is 12.8 Å². The average Bonchev–Trinajstić information content (AvgIpc) is 2.58. The molecule has 3 rings (SSSR count). The van der Waals surface area contributed by atoms with E-state index in [0.29, 0.717) is 17.5 Å². The first-order valence-electron chi connectivity index (χ1n) is 7.39. The number of halogens is 1. The molecule has 0 spiro atoms. The maximum atomic E-state index is 13.7. The van der Waals surface area contributed by atoms with E-state index in [-0.39, 0.29) is 11.9 Å². The van der Waals surface area contributed by atoms with E-state index in [9.17, 15) is 4.39 Å². The summed E-state index contributed by atoms with van der Waals surface area (Å²) >= 11 is 0. The van der Waals surface area contributed by atoms with Gasteiger partial charge in [0.05, 0.1) is 12.8 Å². The third-order valence-corrected chi connectivity index (χ3v) is 3.84. The number of aromatic nitrogens is 2. The first-order chi connectivity index (χ1) is 10.8. The Morgan fingerprint density at radius 1 is 1.23 bits per heavy atom. The molecule has 2 aromatic rings. The Morgan fingerprint density at radius 2 is 2.00 bits per heavy atom. The number of benzene rings is 1. The topological polar surface area (TPSA) is 50.3 Å². The second-order valence-electron chi connectivity index (χ2n) is 5.28. The average molecular weight is 302 g/mol. The molecule has 1 fully saturated rings. The third-order valence-electron chi connectivity index (χ3n) is 3.84. The SMILES string of the molecule is COc1ccnc(N2CCC(Nc3ccccc3F)CC2)n1. The number of nitrogens with zero attached hydrogens (tertiary/aromatic N) is 3. The maximum absolute atomic E-state index is 13.7. The van der Waals surface area contributed by atoms with Gasteiger partial charge in [0, 0.05) is 31.4 Å². The van der Waals surface area contributed by atoms with Crippen LogP contribution in [0.2, 0.25) is 0 Å². The molecule has 1 aromatic heterocycles. The zero-order chi connectivity index (χ0) is 15.4. The molecule has 22 heavy (non-hydrogen) atoms. The number of anilines is 2. The van der Waals surface area contributed by atoms with E-state index in [1.807, 2.05) is 6.07 Å². The first-order valence-corrected chi connectivity index (χ1v) is 7.39. The van der Waals surface area contributed by atoms with Gasteiger partial charge in [0.25, 0.3) is 0 Å². The van der Waals surface area contributed by atoms with Crippen LogP contribution >= 0.6 is 0 Å². The molecule has 1 aliphatic heterocycles. The summed E-state index contributed by atoms with van der Waals surface area (Å²) in [6, 6.07) is 8.77. The lowest BCUT2D eigenvalue weighted by Crippen LogP contribution is -2.40. The fourth-order valence-electron chi connectivity index (χ4n) is 2.62. The van der Waals surface area contributed by atoms with Crippen LogP contribution < -0.4 is 15.0 Å².